The number of aromatic nitrogens is 2. The molecule has 178 valence electrons. The fraction of sp³-hybridized carbons (Fsp3) is 0.542. The second-order valence-corrected chi connectivity index (χ2v) is 9.32. The monoisotopic (exact) mass is 453 g/mol. The Balaban J connectivity index is 1.37. The second-order valence-electron chi connectivity index (χ2n) is 9.32. The predicted molar refractivity (Wildman–Crippen MR) is 130 cm³/mol. The summed E-state index contributed by atoms with van der Waals surface area (Å²) in [5, 5.41) is 5.92. The van der Waals surface area contributed by atoms with Crippen LogP contribution in [-0.4, -0.2) is 70.7 Å². The van der Waals surface area contributed by atoms with Crippen LogP contribution in [0.1, 0.15) is 31.7 Å². The number of urea groups is 1. The van der Waals surface area contributed by atoms with Gasteiger partial charge in [-0.05, 0) is 56.0 Å². The van der Waals surface area contributed by atoms with Gasteiger partial charge < -0.3 is 16.0 Å². The van der Waals surface area contributed by atoms with Gasteiger partial charge in [-0.25, -0.2) is 9.59 Å². The molecule has 2 aromatic rings. The zero-order valence-electron chi connectivity index (χ0n) is 19.5. The Bertz CT molecular complexity index is 1000. The largest absolute Gasteiger partial charge is 0.354 e. The van der Waals surface area contributed by atoms with Gasteiger partial charge >= 0.3 is 11.7 Å². The molecule has 1 aliphatic carbocycles. The van der Waals surface area contributed by atoms with Crippen molar-refractivity contribution in [1.29, 1.82) is 0 Å². The molecule has 9 nitrogen and oxygen atoms in total. The number of hydrogen-bond donors (Lipinski definition) is 3. The average Bonchev–Trinajstić information content (AvgIpc) is 2.82. The van der Waals surface area contributed by atoms with E-state index in [1.807, 2.05) is 12.1 Å². The minimum Gasteiger partial charge on any atom is -0.327 e. The molecule has 2 unspecified atom stereocenters. The van der Waals surface area contributed by atoms with E-state index in [2.05, 4.69) is 46.6 Å². The van der Waals surface area contributed by atoms with Crippen molar-refractivity contribution < 1.29 is 4.79 Å². The van der Waals surface area contributed by atoms with Crippen LogP contribution in [0.15, 0.2) is 41.3 Å². The number of carbonyl (C=O) groups is 1. The lowest BCUT2D eigenvalue weighted by Crippen LogP contribution is -2.48. The number of nitrogens with two attached hydrogens (primary N) is 1. The van der Waals surface area contributed by atoms with Gasteiger partial charge in [0.25, 0.3) is 0 Å². The maximum atomic E-state index is 12.6. The minimum absolute atomic E-state index is 0.232. The van der Waals surface area contributed by atoms with Crippen molar-refractivity contribution in [3.63, 3.8) is 0 Å². The Hall–Kier alpha value is -2.75. The first-order chi connectivity index (χ1) is 15.9. The quantitative estimate of drug-likeness (QED) is 0.635. The van der Waals surface area contributed by atoms with E-state index >= 15 is 0 Å². The Labute approximate surface area is 195 Å². The third-order valence-corrected chi connectivity index (χ3v) is 6.92. The van der Waals surface area contributed by atoms with E-state index in [9.17, 15) is 9.59 Å². The number of anilines is 1. The van der Waals surface area contributed by atoms with Gasteiger partial charge in [0.05, 0.1) is 5.69 Å². The lowest BCUT2D eigenvalue weighted by molar-refractivity contribution is 0.145. The van der Waals surface area contributed by atoms with Gasteiger partial charge in [0, 0.05) is 51.0 Å². The van der Waals surface area contributed by atoms with Crippen molar-refractivity contribution >= 4 is 11.8 Å². The zero-order chi connectivity index (χ0) is 23.4. The number of nitrogens with one attached hydrogen (secondary N) is 2. The van der Waals surface area contributed by atoms with Crippen LogP contribution in [0.3, 0.4) is 0 Å². The summed E-state index contributed by atoms with van der Waals surface area (Å²) in [6, 6.07) is 10.3. The molecule has 2 heterocycles. The Morgan fingerprint density at radius 1 is 1.21 bits per heavy atom. The maximum Gasteiger partial charge on any atom is 0.354 e. The van der Waals surface area contributed by atoms with E-state index in [0.29, 0.717) is 31.1 Å². The van der Waals surface area contributed by atoms with Gasteiger partial charge in [-0.2, -0.15) is 4.98 Å². The maximum absolute atomic E-state index is 12.6. The predicted octanol–water partition coefficient (Wildman–Crippen LogP) is 1.62. The van der Waals surface area contributed by atoms with Crippen molar-refractivity contribution in [1.82, 2.24) is 24.7 Å². The summed E-state index contributed by atoms with van der Waals surface area (Å²) in [6.45, 7) is 5.91. The average molecular weight is 454 g/mol. The van der Waals surface area contributed by atoms with Gasteiger partial charge in [-0.15, -0.1) is 0 Å². The standard InChI is InChI=1S/C24H35N7O2/c1-17-15-20(7-8-21(17)25)29(2)16-18-3-5-19(6-4-18)31-12-9-22(28-24(31)33)27-23(32)30-13-10-26-11-14-30/h3-6,9,12,17,20-21,26H,7-8,10-11,13-16,25H2,1-2H3,(H,27,28,32,33)/t17?,20-,21?/m0/s1. The first kappa shape index (κ1) is 23.4. The Morgan fingerprint density at radius 2 is 1.94 bits per heavy atom. The number of nitrogens with zero attached hydrogens (tertiary/aromatic N) is 4. The number of benzene rings is 1. The van der Waals surface area contributed by atoms with Gasteiger partial charge in [-0.3, -0.25) is 14.8 Å². The van der Waals surface area contributed by atoms with E-state index in [1.54, 1.807) is 17.2 Å². The van der Waals surface area contributed by atoms with E-state index in [-0.39, 0.29) is 11.8 Å². The number of piperazine rings is 1. The summed E-state index contributed by atoms with van der Waals surface area (Å²) in [7, 11) is 2.17. The van der Waals surface area contributed by atoms with Gasteiger partial charge in [0.15, 0.2) is 0 Å². The SMILES string of the molecule is CC1C[C@@H](N(C)Cc2ccc(-n3ccc(NC(=O)N4CCNCC4)nc3=O)cc2)CCC1N. The second kappa shape index (κ2) is 10.5. The molecule has 2 aliphatic rings. The molecule has 1 saturated carbocycles. The number of hydrogen-bond acceptors (Lipinski definition) is 6. The van der Waals surface area contributed by atoms with Crippen LogP contribution in [0.25, 0.3) is 5.69 Å². The fourth-order valence-corrected chi connectivity index (χ4v) is 4.70. The molecule has 0 bridgehead atoms. The van der Waals surface area contributed by atoms with Crippen molar-refractivity contribution in [3.05, 3.63) is 52.6 Å². The van der Waals surface area contributed by atoms with Crippen LogP contribution in [0.5, 0.6) is 0 Å². The Morgan fingerprint density at radius 3 is 2.61 bits per heavy atom. The first-order valence-electron chi connectivity index (χ1n) is 11.8. The molecule has 2 fully saturated rings. The van der Waals surface area contributed by atoms with Crippen LogP contribution < -0.4 is 22.1 Å². The normalized spacial score (nSPS) is 23.5. The summed E-state index contributed by atoms with van der Waals surface area (Å²) >= 11 is 0. The highest BCUT2D eigenvalue weighted by molar-refractivity contribution is 5.88. The highest BCUT2D eigenvalue weighted by Gasteiger charge is 2.27. The summed E-state index contributed by atoms with van der Waals surface area (Å²) in [5.41, 5.74) is 7.69. The van der Waals surface area contributed by atoms with Crippen LogP contribution in [0, 0.1) is 5.92 Å². The molecule has 1 aliphatic heterocycles. The molecular formula is C24H35N7O2. The topological polar surface area (TPSA) is 109 Å². The van der Waals surface area contributed by atoms with E-state index in [0.717, 1.165) is 44.6 Å². The number of rotatable bonds is 5. The van der Waals surface area contributed by atoms with E-state index in [1.165, 1.54) is 10.1 Å². The van der Waals surface area contributed by atoms with Crippen LogP contribution >= 0.6 is 0 Å². The third-order valence-electron chi connectivity index (χ3n) is 6.92. The summed E-state index contributed by atoms with van der Waals surface area (Å²) in [5.74, 6) is 0.817. The van der Waals surface area contributed by atoms with Crippen molar-refractivity contribution in [2.24, 2.45) is 11.7 Å². The fourth-order valence-electron chi connectivity index (χ4n) is 4.70. The third kappa shape index (κ3) is 5.79. The zero-order valence-corrected chi connectivity index (χ0v) is 19.5. The van der Waals surface area contributed by atoms with Crippen LogP contribution in [0.2, 0.25) is 0 Å². The van der Waals surface area contributed by atoms with Gasteiger partial charge in [0.2, 0.25) is 0 Å². The summed E-state index contributed by atoms with van der Waals surface area (Å²) in [4.78, 5) is 33.1. The molecule has 0 spiro atoms. The van der Waals surface area contributed by atoms with Crippen LogP contribution in [-0.2, 0) is 6.54 Å². The summed E-state index contributed by atoms with van der Waals surface area (Å²) < 4.78 is 1.48. The van der Waals surface area contributed by atoms with Crippen molar-refractivity contribution in [2.45, 2.75) is 44.8 Å². The van der Waals surface area contributed by atoms with Gasteiger partial charge in [-0.1, -0.05) is 19.1 Å². The molecular weight excluding hydrogens is 418 g/mol. The molecule has 9 heteroatoms. The molecule has 3 atom stereocenters. The van der Waals surface area contributed by atoms with Crippen molar-refractivity contribution in [3.8, 4) is 5.69 Å². The Kier molecular flexibility index (Phi) is 7.42. The highest BCUT2D eigenvalue weighted by Crippen LogP contribution is 2.27. The number of carbonyl (C=O) groups excluding carboxylic acids is 1. The lowest BCUT2D eigenvalue weighted by Gasteiger charge is -2.37. The van der Waals surface area contributed by atoms with E-state index < -0.39 is 5.69 Å². The minimum atomic E-state index is -0.425. The molecule has 33 heavy (non-hydrogen) atoms. The smallest absolute Gasteiger partial charge is 0.327 e. The van der Waals surface area contributed by atoms with Crippen LogP contribution in [0.4, 0.5) is 10.6 Å². The molecule has 4 rings (SSSR count). The summed E-state index contributed by atoms with van der Waals surface area (Å²) in [6.07, 6.45) is 5.00. The van der Waals surface area contributed by atoms with E-state index in [4.69, 9.17) is 5.73 Å². The molecule has 1 aromatic heterocycles. The first-order valence-corrected chi connectivity index (χ1v) is 11.8. The molecule has 4 N–H and O–H groups in total. The lowest BCUT2D eigenvalue weighted by atomic mass is 9.82. The molecule has 2 amide bonds. The number of amides is 2. The highest BCUT2D eigenvalue weighted by atomic mass is 16.2. The molecule has 1 aromatic carbocycles. The molecule has 1 saturated heterocycles. The van der Waals surface area contributed by atoms with Crippen molar-refractivity contribution in [2.75, 3.05) is 38.5 Å². The van der Waals surface area contributed by atoms with Gasteiger partial charge in [0.1, 0.15) is 5.82 Å². The molecule has 0 radical (unpaired) electrons.